The maximum Gasteiger partial charge on any atom is 0.321 e. The number of hydrogen-bond donors (Lipinski definition) is 1. The molecule has 2 heterocycles. The van der Waals surface area contributed by atoms with E-state index in [-0.39, 0.29) is 11.8 Å². The highest BCUT2D eigenvalue weighted by atomic mass is 16.2. The van der Waals surface area contributed by atoms with Crippen molar-refractivity contribution < 1.29 is 9.59 Å². The Labute approximate surface area is 148 Å². The summed E-state index contributed by atoms with van der Waals surface area (Å²) in [5, 5.41) is 2.91. The van der Waals surface area contributed by atoms with E-state index in [4.69, 9.17) is 0 Å². The molecule has 0 radical (unpaired) electrons. The fourth-order valence-electron chi connectivity index (χ4n) is 3.60. The van der Waals surface area contributed by atoms with Crippen molar-refractivity contribution in [3.05, 3.63) is 53.3 Å². The number of aryl methyl sites for hydroxylation is 2. The van der Waals surface area contributed by atoms with Gasteiger partial charge in [-0.2, -0.15) is 0 Å². The maximum absolute atomic E-state index is 12.5. The van der Waals surface area contributed by atoms with Crippen molar-refractivity contribution in [2.24, 2.45) is 0 Å². The molecule has 1 aromatic carbocycles. The van der Waals surface area contributed by atoms with Gasteiger partial charge < -0.3 is 14.8 Å². The topological polar surface area (TPSA) is 54.3 Å². The molecule has 0 unspecified atom stereocenters. The molecule has 0 bridgehead atoms. The van der Waals surface area contributed by atoms with Crippen molar-refractivity contribution in [3.63, 3.8) is 0 Å². The van der Waals surface area contributed by atoms with Gasteiger partial charge in [-0.05, 0) is 57.9 Å². The molecule has 132 valence electrons. The molecule has 1 aliphatic heterocycles. The number of ketones is 1. The first-order chi connectivity index (χ1) is 12.0. The first-order valence-electron chi connectivity index (χ1n) is 8.77. The molecule has 0 atom stereocenters. The molecule has 5 nitrogen and oxygen atoms in total. The average Bonchev–Trinajstić information content (AvgIpc) is 2.94. The molecule has 25 heavy (non-hydrogen) atoms. The summed E-state index contributed by atoms with van der Waals surface area (Å²) in [5.41, 5.74) is 3.83. The van der Waals surface area contributed by atoms with Crippen LogP contribution in [-0.4, -0.2) is 34.4 Å². The predicted octanol–water partition coefficient (Wildman–Crippen LogP) is 4.18. The highest BCUT2D eigenvalue weighted by Gasteiger charge is 2.25. The zero-order valence-electron chi connectivity index (χ0n) is 15.1. The van der Waals surface area contributed by atoms with Crippen LogP contribution in [0.25, 0.3) is 0 Å². The number of Topliss-reactive ketones (excluding diaryl/α,β-unsaturated/α-hetero) is 1. The van der Waals surface area contributed by atoms with Crippen molar-refractivity contribution in [2.75, 3.05) is 18.4 Å². The van der Waals surface area contributed by atoms with Crippen LogP contribution < -0.4 is 5.32 Å². The fraction of sp³-hybridized carbons (Fsp3) is 0.400. The Morgan fingerprint density at radius 1 is 1.04 bits per heavy atom. The van der Waals surface area contributed by atoms with E-state index in [2.05, 4.69) is 35.9 Å². The number of benzene rings is 1. The normalized spacial score (nSPS) is 15.2. The molecule has 2 aromatic rings. The summed E-state index contributed by atoms with van der Waals surface area (Å²) >= 11 is 0. The van der Waals surface area contributed by atoms with Crippen molar-refractivity contribution in [3.8, 4) is 0 Å². The fourth-order valence-corrected chi connectivity index (χ4v) is 3.60. The van der Waals surface area contributed by atoms with Gasteiger partial charge in [0.15, 0.2) is 5.78 Å². The van der Waals surface area contributed by atoms with Crippen LogP contribution in [0.2, 0.25) is 0 Å². The average molecular weight is 339 g/mol. The van der Waals surface area contributed by atoms with Crippen LogP contribution in [0, 0.1) is 13.8 Å². The Hall–Kier alpha value is -2.56. The SMILES string of the molecule is CC(=O)c1cccc(NC(=O)N2CCC(n3c(C)ccc3C)CC2)c1. The molecule has 0 spiro atoms. The third kappa shape index (κ3) is 3.76. The molecule has 1 N–H and O–H groups in total. The van der Waals surface area contributed by atoms with Gasteiger partial charge in [-0.25, -0.2) is 4.79 Å². The van der Waals surface area contributed by atoms with Gasteiger partial charge in [0.2, 0.25) is 0 Å². The largest absolute Gasteiger partial charge is 0.346 e. The van der Waals surface area contributed by atoms with Crippen LogP contribution in [-0.2, 0) is 0 Å². The molecule has 3 rings (SSSR count). The minimum absolute atomic E-state index is 0.00521. The molecular formula is C20H25N3O2. The Kier molecular flexibility index (Phi) is 4.93. The number of likely N-dealkylation sites (tertiary alicyclic amines) is 1. The minimum Gasteiger partial charge on any atom is -0.346 e. The van der Waals surface area contributed by atoms with Crippen molar-refractivity contribution in [2.45, 2.75) is 39.7 Å². The lowest BCUT2D eigenvalue weighted by Gasteiger charge is -2.34. The number of aromatic nitrogens is 1. The second kappa shape index (κ2) is 7.13. The number of anilines is 1. The Bertz CT molecular complexity index is 766. The Morgan fingerprint density at radius 2 is 1.68 bits per heavy atom. The van der Waals surface area contributed by atoms with Gasteiger partial charge in [-0.1, -0.05) is 12.1 Å². The number of nitrogens with zero attached hydrogens (tertiary/aromatic N) is 2. The highest BCUT2D eigenvalue weighted by Crippen LogP contribution is 2.26. The molecular weight excluding hydrogens is 314 g/mol. The molecule has 1 saturated heterocycles. The van der Waals surface area contributed by atoms with Gasteiger partial charge in [0, 0.05) is 41.8 Å². The molecule has 2 amide bonds. The first kappa shape index (κ1) is 17.3. The van der Waals surface area contributed by atoms with Gasteiger partial charge >= 0.3 is 6.03 Å². The molecule has 0 saturated carbocycles. The zero-order chi connectivity index (χ0) is 18.0. The van der Waals surface area contributed by atoms with Crippen LogP contribution >= 0.6 is 0 Å². The minimum atomic E-state index is -0.0971. The number of piperidine rings is 1. The summed E-state index contributed by atoms with van der Waals surface area (Å²) in [7, 11) is 0. The maximum atomic E-state index is 12.5. The third-order valence-corrected chi connectivity index (χ3v) is 4.96. The summed E-state index contributed by atoms with van der Waals surface area (Å²) in [6, 6.07) is 11.7. The second-order valence-corrected chi connectivity index (χ2v) is 6.77. The lowest BCUT2D eigenvalue weighted by molar-refractivity contribution is 0.101. The molecule has 1 aliphatic rings. The summed E-state index contributed by atoms with van der Waals surface area (Å²) in [5.74, 6) is -0.00521. The van der Waals surface area contributed by atoms with E-state index < -0.39 is 0 Å². The standard InChI is InChI=1S/C20H25N3O2/c1-14-7-8-15(2)23(14)19-9-11-22(12-10-19)20(25)21-18-6-4-5-17(13-18)16(3)24/h4-8,13,19H,9-12H2,1-3H3,(H,21,25). The number of nitrogens with one attached hydrogen (secondary N) is 1. The molecule has 0 aliphatic carbocycles. The van der Waals surface area contributed by atoms with Gasteiger partial charge in [-0.3, -0.25) is 4.79 Å². The van der Waals surface area contributed by atoms with Crippen molar-refractivity contribution in [1.29, 1.82) is 0 Å². The quantitative estimate of drug-likeness (QED) is 0.853. The van der Waals surface area contributed by atoms with Crippen molar-refractivity contribution in [1.82, 2.24) is 9.47 Å². The number of rotatable bonds is 3. The first-order valence-corrected chi connectivity index (χ1v) is 8.77. The van der Waals surface area contributed by atoms with E-state index in [1.807, 2.05) is 11.0 Å². The van der Waals surface area contributed by atoms with E-state index >= 15 is 0 Å². The van der Waals surface area contributed by atoms with Gasteiger partial charge in [0.05, 0.1) is 0 Å². The zero-order valence-corrected chi connectivity index (χ0v) is 15.1. The third-order valence-electron chi connectivity index (χ3n) is 4.96. The van der Waals surface area contributed by atoms with Crippen LogP contribution in [0.4, 0.5) is 10.5 Å². The van der Waals surface area contributed by atoms with Gasteiger partial charge in [-0.15, -0.1) is 0 Å². The van der Waals surface area contributed by atoms with Crippen LogP contribution in [0.15, 0.2) is 36.4 Å². The summed E-state index contributed by atoms with van der Waals surface area (Å²) in [6.45, 7) is 7.26. The summed E-state index contributed by atoms with van der Waals surface area (Å²) in [6.07, 6.45) is 1.91. The Morgan fingerprint density at radius 3 is 2.28 bits per heavy atom. The second-order valence-electron chi connectivity index (χ2n) is 6.77. The van der Waals surface area contributed by atoms with E-state index in [9.17, 15) is 9.59 Å². The van der Waals surface area contributed by atoms with Gasteiger partial charge in [0.25, 0.3) is 0 Å². The van der Waals surface area contributed by atoms with E-state index in [0.29, 0.717) is 17.3 Å². The summed E-state index contributed by atoms with van der Waals surface area (Å²) in [4.78, 5) is 25.8. The number of carbonyl (C=O) groups excluding carboxylic acids is 2. The highest BCUT2D eigenvalue weighted by molar-refractivity contribution is 5.96. The lowest BCUT2D eigenvalue weighted by atomic mass is 10.0. The van der Waals surface area contributed by atoms with Crippen LogP contribution in [0.1, 0.15) is 47.6 Å². The lowest BCUT2D eigenvalue weighted by Crippen LogP contribution is -2.41. The number of hydrogen-bond acceptors (Lipinski definition) is 2. The van der Waals surface area contributed by atoms with Crippen LogP contribution in [0.5, 0.6) is 0 Å². The monoisotopic (exact) mass is 339 g/mol. The molecule has 1 fully saturated rings. The number of amides is 2. The predicted molar refractivity (Wildman–Crippen MR) is 99.2 cm³/mol. The number of carbonyl (C=O) groups is 2. The molecule has 1 aromatic heterocycles. The van der Waals surface area contributed by atoms with E-state index in [0.717, 1.165) is 25.9 Å². The van der Waals surface area contributed by atoms with E-state index in [1.54, 1.807) is 18.2 Å². The molecule has 5 heteroatoms. The number of urea groups is 1. The van der Waals surface area contributed by atoms with Crippen molar-refractivity contribution >= 4 is 17.5 Å². The van der Waals surface area contributed by atoms with Crippen LogP contribution in [0.3, 0.4) is 0 Å². The van der Waals surface area contributed by atoms with Gasteiger partial charge in [0.1, 0.15) is 0 Å². The Balaban J connectivity index is 1.60. The smallest absolute Gasteiger partial charge is 0.321 e. The van der Waals surface area contributed by atoms with E-state index in [1.165, 1.54) is 18.3 Å². The summed E-state index contributed by atoms with van der Waals surface area (Å²) < 4.78 is 2.38.